The highest BCUT2D eigenvalue weighted by molar-refractivity contribution is 9.10. The zero-order chi connectivity index (χ0) is 25.2. The maximum atomic E-state index is 11.2. The van der Waals surface area contributed by atoms with Crippen LogP contribution in [0.25, 0.3) is 0 Å². The molecule has 3 N–H and O–H groups in total. The molecule has 0 aliphatic carbocycles. The molecular formula is C25H31BrClN3O5. The number of aliphatic hydroxyl groups excluding tert-OH is 1. The van der Waals surface area contributed by atoms with Crippen molar-refractivity contribution in [1.29, 1.82) is 0 Å². The second-order valence-electron chi connectivity index (χ2n) is 8.41. The first kappa shape index (κ1) is 27.3. The van der Waals surface area contributed by atoms with E-state index in [0.717, 1.165) is 15.7 Å². The minimum atomic E-state index is -0.583. The summed E-state index contributed by atoms with van der Waals surface area (Å²) in [6, 6.07) is 11.2. The van der Waals surface area contributed by atoms with Crippen molar-refractivity contribution in [3.63, 3.8) is 0 Å². The fourth-order valence-corrected chi connectivity index (χ4v) is 3.92. The number of amides is 1. The van der Waals surface area contributed by atoms with E-state index in [4.69, 9.17) is 25.8 Å². The Morgan fingerprint density at radius 1 is 1.11 bits per heavy atom. The van der Waals surface area contributed by atoms with Gasteiger partial charge in [0.1, 0.15) is 30.0 Å². The average Bonchev–Trinajstić information content (AvgIpc) is 2.83. The number of rotatable bonds is 13. The predicted molar refractivity (Wildman–Crippen MR) is 140 cm³/mol. The molecule has 0 spiro atoms. The molecule has 8 nitrogen and oxygen atoms in total. The van der Waals surface area contributed by atoms with E-state index in [9.17, 15) is 9.90 Å². The number of nitrogens with zero attached hydrogens (tertiary/aromatic N) is 1. The van der Waals surface area contributed by atoms with Crippen LogP contribution in [0.2, 0.25) is 5.02 Å². The standard InChI is InChI=1S/C25H31BrClN3O5/c1-16(2)28-14-18(31)15-35-19-5-8-23(20(26)13-19)33-10-3-11-34-24-7-4-17(12-21(24)27)22-6-9-25(32)30-29-22/h4-5,7-8,12-13,16,18,28,31H,3,6,9-11,14-15H2,1-2H3,(H,30,32). The number of nitrogens with one attached hydrogen (secondary N) is 2. The Bertz CT molecular complexity index is 1030. The van der Waals surface area contributed by atoms with Crippen molar-refractivity contribution in [2.45, 2.75) is 45.3 Å². The average molecular weight is 569 g/mol. The Balaban J connectivity index is 1.39. The van der Waals surface area contributed by atoms with E-state index < -0.39 is 6.10 Å². The van der Waals surface area contributed by atoms with Crippen molar-refractivity contribution in [3.05, 3.63) is 51.5 Å². The predicted octanol–water partition coefficient (Wildman–Crippen LogP) is 4.30. The van der Waals surface area contributed by atoms with Gasteiger partial charge in [-0.2, -0.15) is 5.10 Å². The number of hydrogen-bond acceptors (Lipinski definition) is 7. The highest BCUT2D eigenvalue weighted by Crippen LogP contribution is 2.30. The van der Waals surface area contributed by atoms with Gasteiger partial charge in [-0.3, -0.25) is 4.79 Å². The number of ether oxygens (including phenoxy) is 3. The van der Waals surface area contributed by atoms with E-state index in [1.165, 1.54) is 0 Å². The monoisotopic (exact) mass is 567 g/mol. The van der Waals surface area contributed by atoms with Gasteiger partial charge in [0.2, 0.25) is 5.91 Å². The lowest BCUT2D eigenvalue weighted by atomic mass is 10.0. The second kappa shape index (κ2) is 13.7. The molecule has 0 radical (unpaired) electrons. The molecule has 35 heavy (non-hydrogen) atoms. The zero-order valence-corrected chi connectivity index (χ0v) is 22.2. The molecule has 0 bridgehead atoms. The molecule has 190 valence electrons. The zero-order valence-electron chi connectivity index (χ0n) is 19.9. The van der Waals surface area contributed by atoms with Crippen LogP contribution >= 0.6 is 27.5 Å². The first-order valence-electron chi connectivity index (χ1n) is 11.6. The number of benzene rings is 2. The summed E-state index contributed by atoms with van der Waals surface area (Å²) >= 11 is 9.86. The topological polar surface area (TPSA) is 101 Å². The molecule has 2 aromatic rings. The molecule has 1 aliphatic heterocycles. The number of carbonyl (C=O) groups excluding carboxylic acids is 1. The van der Waals surface area contributed by atoms with Crippen LogP contribution < -0.4 is 25.0 Å². The molecule has 0 saturated carbocycles. The number of halogens is 2. The number of carbonyl (C=O) groups is 1. The number of hydrazone groups is 1. The molecule has 0 aromatic heterocycles. The summed E-state index contributed by atoms with van der Waals surface area (Å²) in [6.07, 6.45) is 1.08. The maximum Gasteiger partial charge on any atom is 0.240 e. The van der Waals surface area contributed by atoms with Crippen LogP contribution in [0.4, 0.5) is 0 Å². The van der Waals surface area contributed by atoms with E-state index in [1.807, 2.05) is 44.2 Å². The first-order chi connectivity index (χ1) is 16.8. The third-order valence-corrected chi connectivity index (χ3v) is 6.00. The van der Waals surface area contributed by atoms with Gasteiger partial charge in [0, 0.05) is 31.8 Å². The summed E-state index contributed by atoms with van der Waals surface area (Å²) in [6.45, 7) is 5.64. The molecule has 0 saturated heterocycles. The quantitative estimate of drug-likeness (QED) is 0.312. The summed E-state index contributed by atoms with van der Waals surface area (Å²) in [4.78, 5) is 11.2. The second-order valence-corrected chi connectivity index (χ2v) is 9.67. The van der Waals surface area contributed by atoms with Gasteiger partial charge >= 0.3 is 0 Å². The first-order valence-corrected chi connectivity index (χ1v) is 12.7. The molecule has 1 unspecified atom stereocenters. The van der Waals surface area contributed by atoms with Crippen molar-refractivity contribution in [1.82, 2.24) is 10.7 Å². The molecule has 1 atom stereocenters. The Morgan fingerprint density at radius 2 is 1.86 bits per heavy atom. The highest BCUT2D eigenvalue weighted by Gasteiger charge is 2.15. The molecule has 1 aliphatic rings. The van der Waals surface area contributed by atoms with E-state index in [-0.39, 0.29) is 12.5 Å². The van der Waals surface area contributed by atoms with Crippen LogP contribution in [0, 0.1) is 0 Å². The summed E-state index contributed by atoms with van der Waals surface area (Å²) in [5.74, 6) is 1.85. The van der Waals surface area contributed by atoms with Crippen molar-refractivity contribution < 1.29 is 24.1 Å². The molecule has 3 rings (SSSR count). The van der Waals surface area contributed by atoms with Gasteiger partial charge in [0.25, 0.3) is 0 Å². The van der Waals surface area contributed by atoms with Gasteiger partial charge in [-0.05, 0) is 57.9 Å². The normalized spacial score (nSPS) is 14.3. The molecule has 1 heterocycles. The van der Waals surface area contributed by atoms with Gasteiger partial charge in [-0.25, -0.2) is 5.43 Å². The molecular weight excluding hydrogens is 538 g/mol. The van der Waals surface area contributed by atoms with E-state index in [1.54, 1.807) is 6.07 Å². The molecule has 2 aromatic carbocycles. The third-order valence-electron chi connectivity index (χ3n) is 5.08. The van der Waals surface area contributed by atoms with Crippen LogP contribution in [0.1, 0.15) is 38.7 Å². The van der Waals surface area contributed by atoms with Crippen molar-refractivity contribution in [3.8, 4) is 17.2 Å². The van der Waals surface area contributed by atoms with Crippen LogP contribution in [0.15, 0.2) is 46.0 Å². The molecule has 0 fully saturated rings. The van der Waals surface area contributed by atoms with Gasteiger partial charge in [0.15, 0.2) is 0 Å². The smallest absolute Gasteiger partial charge is 0.240 e. The third kappa shape index (κ3) is 9.00. The van der Waals surface area contributed by atoms with Gasteiger partial charge in [-0.1, -0.05) is 25.4 Å². The fraction of sp³-hybridized carbons (Fsp3) is 0.440. The SMILES string of the molecule is CC(C)NCC(O)COc1ccc(OCCCOc2ccc(C3=NNC(=O)CC3)cc2Cl)c(Br)c1. The van der Waals surface area contributed by atoms with E-state index >= 15 is 0 Å². The summed E-state index contributed by atoms with van der Waals surface area (Å²) in [5, 5.41) is 17.7. The molecule has 10 heteroatoms. The molecule has 1 amide bonds. The van der Waals surface area contributed by atoms with Crippen LogP contribution in [0.3, 0.4) is 0 Å². The minimum absolute atomic E-state index is 0.0801. The maximum absolute atomic E-state index is 11.2. The van der Waals surface area contributed by atoms with Crippen LogP contribution in [-0.4, -0.2) is 55.2 Å². The summed E-state index contributed by atoms with van der Waals surface area (Å²) in [7, 11) is 0. The van der Waals surface area contributed by atoms with Gasteiger partial charge in [-0.15, -0.1) is 0 Å². The lowest BCUT2D eigenvalue weighted by Crippen LogP contribution is -2.35. The lowest BCUT2D eigenvalue weighted by molar-refractivity contribution is -0.121. The summed E-state index contributed by atoms with van der Waals surface area (Å²) < 4.78 is 18.0. The Labute approximate surface area is 219 Å². The fourth-order valence-electron chi connectivity index (χ4n) is 3.21. The van der Waals surface area contributed by atoms with Crippen molar-refractivity contribution >= 4 is 39.1 Å². The Morgan fingerprint density at radius 3 is 2.51 bits per heavy atom. The van der Waals surface area contributed by atoms with Gasteiger partial charge < -0.3 is 24.6 Å². The van der Waals surface area contributed by atoms with Crippen molar-refractivity contribution in [2.24, 2.45) is 5.10 Å². The Kier molecular flexibility index (Phi) is 10.7. The minimum Gasteiger partial charge on any atom is -0.492 e. The lowest BCUT2D eigenvalue weighted by Gasteiger charge is -2.16. The van der Waals surface area contributed by atoms with Crippen LogP contribution in [0.5, 0.6) is 17.2 Å². The van der Waals surface area contributed by atoms with E-state index in [0.29, 0.717) is 67.3 Å². The number of aliphatic hydroxyl groups is 1. The van der Waals surface area contributed by atoms with Crippen LogP contribution in [-0.2, 0) is 4.79 Å². The summed E-state index contributed by atoms with van der Waals surface area (Å²) in [5.41, 5.74) is 4.15. The highest BCUT2D eigenvalue weighted by atomic mass is 79.9. The van der Waals surface area contributed by atoms with Crippen molar-refractivity contribution in [2.75, 3.05) is 26.4 Å². The largest absolute Gasteiger partial charge is 0.492 e. The van der Waals surface area contributed by atoms with Gasteiger partial charge in [0.05, 0.1) is 28.4 Å². The number of hydrogen-bond donors (Lipinski definition) is 3. The van der Waals surface area contributed by atoms with E-state index in [2.05, 4.69) is 31.8 Å². The Hall–Kier alpha value is -2.33.